The van der Waals surface area contributed by atoms with Gasteiger partial charge in [0.05, 0.1) is 0 Å². The summed E-state index contributed by atoms with van der Waals surface area (Å²) in [7, 11) is -4.67. The zero-order valence-corrected chi connectivity index (χ0v) is 9.60. The van der Waals surface area contributed by atoms with Crippen LogP contribution in [0.2, 0.25) is 0 Å². The minimum atomic E-state index is -4.67. The van der Waals surface area contributed by atoms with E-state index in [0.717, 1.165) is 0 Å². The first-order valence-corrected chi connectivity index (χ1v) is 5.68. The van der Waals surface area contributed by atoms with Crippen LogP contribution in [0.25, 0.3) is 0 Å². The number of hydrogen-bond donors (Lipinski definition) is 2. The van der Waals surface area contributed by atoms with E-state index in [9.17, 15) is 0 Å². The predicted molar refractivity (Wildman–Crippen MR) is 21.3 cm³/mol. The van der Waals surface area contributed by atoms with Gasteiger partial charge in [-0.3, -0.25) is 9.11 Å². The molecule has 0 saturated heterocycles. The molecule has 0 fully saturated rings. The molecule has 0 unspecified atom stereocenters. The summed E-state index contributed by atoms with van der Waals surface area (Å²) in [6.07, 6.45) is 0. The van der Waals surface area contributed by atoms with Crippen LogP contribution in [-0.2, 0) is 32.8 Å². The van der Waals surface area contributed by atoms with Gasteiger partial charge in [0.15, 0.2) is 0 Å². The molecule has 0 aromatic rings. The van der Waals surface area contributed by atoms with Crippen LogP contribution in [0.1, 0.15) is 0 Å². The molecule has 0 amide bonds. The summed E-state index contributed by atoms with van der Waals surface area (Å²) in [5.74, 6) is 0. The van der Waals surface area contributed by atoms with Crippen molar-refractivity contribution in [2.24, 2.45) is 0 Å². The Bertz CT molecular complexity index is 153. The average Bonchev–Trinajstić information content (AvgIpc) is 1.27. The van der Waals surface area contributed by atoms with Gasteiger partial charge in [0.25, 0.3) is 0 Å². The van der Waals surface area contributed by atoms with Gasteiger partial charge in [0, 0.05) is 17.1 Å². The van der Waals surface area contributed by atoms with E-state index in [4.69, 9.17) is 22.9 Å². The third-order valence-electron chi connectivity index (χ3n) is 0. The van der Waals surface area contributed by atoms with E-state index in [2.05, 4.69) is 0 Å². The Morgan fingerprint density at radius 1 is 1.11 bits per heavy atom. The second-order valence-electron chi connectivity index (χ2n) is 0.531. The van der Waals surface area contributed by atoms with Crippen molar-refractivity contribution in [2.75, 3.05) is 0 Å². The molecule has 9 heavy (non-hydrogen) atoms. The molecule has 0 radical (unpaired) electrons. The molecule has 0 aliphatic heterocycles. The van der Waals surface area contributed by atoms with Gasteiger partial charge in [0.2, 0.25) is 0 Å². The fraction of sp³-hybridized carbons (Fsp3) is 0. The van der Waals surface area contributed by atoms with Gasteiger partial charge in [-0.25, -0.2) is 0 Å². The van der Waals surface area contributed by atoms with Crippen LogP contribution in [-0.4, -0.2) is 41.8 Å². The molecule has 56 valence electrons. The van der Waals surface area contributed by atoms with Crippen molar-refractivity contribution in [3.05, 3.63) is 0 Å². The van der Waals surface area contributed by atoms with Crippen molar-refractivity contribution in [1.82, 2.24) is 0 Å². The van der Waals surface area contributed by atoms with Crippen LogP contribution < -0.4 is 0 Å². The molecule has 6 nitrogen and oxygen atoms in total. The van der Waals surface area contributed by atoms with Crippen LogP contribution >= 0.6 is 0 Å². The molecule has 0 bridgehead atoms. The molecule has 0 saturated carbocycles. The zero-order chi connectivity index (χ0) is 7.21. The van der Waals surface area contributed by atoms with Gasteiger partial charge >= 0.3 is 40.0 Å². The Morgan fingerprint density at radius 2 is 1.11 bits per heavy atom. The van der Waals surface area contributed by atoms with Gasteiger partial charge in [-0.1, -0.05) is 0 Å². The van der Waals surface area contributed by atoms with Crippen molar-refractivity contribution in [3.8, 4) is 0 Å². The Kier molecular flexibility index (Phi) is 16.3. The third-order valence-corrected chi connectivity index (χ3v) is 0. The third kappa shape index (κ3) is 512. The molecule has 0 rings (SSSR count). The van der Waals surface area contributed by atoms with Gasteiger partial charge < -0.3 is 0 Å². The SMILES string of the molecule is O=S(=O)(O)O.[Fe].[O]=[Pb]=[O]. The van der Waals surface area contributed by atoms with Crippen LogP contribution in [0.3, 0.4) is 0 Å². The summed E-state index contributed by atoms with van der Waals surface area (Å²) in [6.45, 7) is 0. The van der Waals surface area contributed by atoms with Crippen molar-refractivity contribution < 1.29 is 40.0 Å². The van der Waals surface area contributed by atoms with Crippen LogP contribution in [0.15, 0.2) is 0 Å². The van der Waals surface area contributed by atoms with Crippen molar-refractivity contribution in [1.29, 1.82) is 0 Å². The summed E-state index contributed by atoms with van der Waals surface area (Å²) in [4.78, 5) is 0. The average molecular weight is 393 g/mol. The first-order valence-electron chi connectivity index (χ1n) is 1.11. The van der Waals surface area contributed by atoms with E-state index in [1.165, 1.54) is 0 Å². The van der Waals surface area contributed by atoms with Gasteiger partial charge in [-0.2, -0.15) is 8.42 Å². The van der Waals surface area contributed by atoms with Crippen LogP contribution in [0.5, 0.6) is 0 Å². The summed E-state index contributed by atoms with van der Waals surface area (Å²) in [5.41, 5.74) is 0. The fourth-order valence-corrected chi connectivity index (χ4v) is 0. The second-order valence-corrected chi connectivity index (χ2v) is 2.07. The van der Waals surface area contributed by atoms with E-state index in [1.54, 1.807) is 0 Å². The first-order chi connectivity index (χ1) is 3.41. The molecular formula is H2FeO6PbS. The van der Waals surface area contributed by atoms with Crippen molar-refractivity contribution >= 4 is 34.7 Å². The minimum absolute atomic E-state index is 0. The Labute approximate surface area is 74.2 Å². The van der Waals surface area contributed by atoms with Gasteiger partial charge in [-0.05, 0) is 0 Å². The van der Waals surface area contributed by atoms with Gasteiger partial charge in [-0.15, -0.1) is 0 Å². The number of hydrogen-bond acceptors (Lipinski definition) is 4. The maximum absolute atomic E-state index is 8.74. The summed E-state index contributed by atoms with van der Waals surface area (Å²) >= 11 is -2.42. The van der Waals surface area contributed by atoms with E-state index in [0.29, 0.717) is 0 Å². The monoisotopic (exact) mass is 394 g/mol. The molecule has 0 aromatic carbocycles. The molecule has 0 aromatic heterocycles. The van der Waals surface area contributed by atoms with Crippen molar-refractivity contribution in [2.45, 2.75) is 0 Å². The van der Waals surface area contributed by atoms with E-state index >= 15 is 0 Å². The Hall–Kier alpha value is 0.912. The maximum atomic E-state index is 8.74. The summed E-state index contributed by atoms with van der Waals surface area (Å²) < 4.78 is 48.7. The fourth-order valence-electron chi connectivity index (χ4n) is 0. The van der Waals surface area contributed by atoms with E-state index in [-0.39, 0.29) is 17.1 Å². The zero-order valence-electron chi connectivity index (χ0n) is 3.79. The van der Waals surface area contributed by atoms with Crippen LogP contribution in [0, 0.1) is 0 Å². The van der Waals surface area contributed by atoms with E-state index in [1.807, 2.05) is 0 Å². The molecule has 0 aliphatic carbocycles. The quantitative estimate of drug-likeness (QED) is 0.393. The standard InChI is InChI=1S/Fe.H2O4S.2O.Pb/c;1-5(2,3)4;;;/h;(H2,1,2,3,4);;;. The van der Waals surface area contributed by atoms with Crippen LogP contribution in [0.4, 0.5) is 0 Å². The predicted octanol–water partition coefficient (Wildman–Crippen LogP) is -1.27. The Balaban J connectivity index is -0.0000000800. The molecule has 0 atom stereocenters. The van der Waals surface area contributed by atoms with Crippen molar-refractivity contribution in [3.63, 3.8) is 0 Å². The Morgan fingerprint density at radius 3 is 1.11 bits per heavy atom. The number of rotatable bonds is 0. The summed E-state index contributed by atoms with van der Waals surface area (Å²) in [6, 6.07) is 0. The summed E-state index contributed by atoms with van der Waals surface area (Å²) in [5, 5.41) is 0. The van der Waals surface area contributed by atoms with Gasteiger partial charge in [0.1, 0.15) is 0 Å². The van der Waals surface area contributed by atoms with E-state index < -0.39 is 34.7 Å². The topological polar surface area (TPSA) is 109 Å². The molecule has 0 aliphatic rings. The second kappa shape index (κ2) is 8.91. The molecule has 2 N–H and O–H groups in total. The molecular weight excluding hydrogens is 391 g/mol. The first kappa shape index (κ1) is 16.5. The normalized spacial score (nSPS) is 7.33. The molecule has 0 heterocycles. The molecule has 9 heteroatoms. The molecule has 0 spiro atoms.